The number of rotatable bonds is 4. The van der Waals surface area contributed by atoms with Gasteiger partial charge in [0.15, 0.2) is 0 Å². The second-order valence-electron chi connectivity index (χ2n) is 4.28. The second kappa shape index (κ2) is 5.77. The van der Waals surface area contributed by atoms with Crippen molar-refractivity contribution in [1.82, 2.24) is 9.91 Å². The van der Waals surface area contributed by atoms with Crippen molar-refractivity contribution in [3.05, 3.63) is 0 Å². The summed E-state index contributed by atoms with van der Waals surface area (Å²) in [7, 11) is 1.54. The molecule has 0 spiro atoms. The van der Waals surface area contributed by atoms with Crippen molar-refractivity contribution in [2.45, 2.75) is 32.7 Å². The van der Waals surface area contributed by atoms with Crippen LogP contribution in [0.4, 0.5) is 0 Å². The van der Waals surface area contributed by atoms with Gasteiger partial charge in [-0.05, 0) is 13.8 Å². The lowest BCUT2D eigenvalue weighted by Crippen LogP contribution is -2.45. The molecular formula is C11H19N3O3. The van der Waals surface area contributed by atoms with Gasteiger partial charge in [-0.1, -0.05) is 0 Å². The normalized spacial score (nSPS) is 16.2. The molecule has 0 aliphatic carbocycles. The van der Waals surface area contributed by atoms with Crippen molar-refractivity contribution in [3.8, 4) is 0 Å². The molecule has 0 saturated carbocycles. The number of aliphatic hydroxyl groups excluding tert-OH is 1. The zero-order valence-corrected chi connectivity index (χ0v) is 10.5. The van der Waals surface area contributed by atoms with Gasteiger partial charge in [0.1, 0.15) is 5.71 Å². The van der Waals surface area contributed by atoms with Gasteiger partial charge in [-0.3, -0.25) is 9.59 Å². The molecule has 1 N–H and O–H groups in total. The maximum Gasteiger partial charge on any atom is 0.270 e. The number of aliphatic hydroxyl groups is 1. The third-order valence-electron chi connectivity index (χ3n) is 2.68. The van der Waals surface area contributed by atoms with Crippen LogP contribution in [0.15, 0.2) is 5.10 Å². The highest BCUT2D eigenvalue weighted by Gasteiger charge is 2.26. The first-order chi connectivity index (χ1) is 7.97. The zero-order valence-electron chi connectivity index (χ0n) is 10.5. The van der Waals surface area contributed by atoms with Crippen LogP contribution in [-0.4, -0.2) is 58.8 Å². The van der Waals surface area contributed by atoms with Gasteiger partial charge >= 0.3 is 0 Å². The van der Waals surface area contributed by atoms with E-state index < -0.39 is 0 Å². The van der Waals surface area contributed by atoms with Crippen LogP contribution >= 0.6 is 0 Å². The van der Waals surface area contributed by atoms with E-state index in [9.17, 15) is 9.59 Å². The molecule has 0 aromatic carbocycles. The Labute approximate surface area is 101 Å². The van der Waals surface area contributed by atoms with E-state index in [1.165, 1.54) is 5.01 Å². The minimum atomic E-state index is -0.201. The average Bonchev–Trinajstić information content (AvgIpc) is 2.28. The minimum absolute atomic E-state index is 0.000263. The largest absolute Gasteiger partial charge is 0.395 e. The monoisotopic (exact) mass is 241 g/mol. The lowest BCUT2D eigenvalue weighted by molar-refractivity contribution is -0.131. The molecule has 2 amide bonds. The van der Waals surface area contributed by atoms with E-state index in [4.69, 9.17) is 5.11 Å². The van der Waals surface area contributed by atoms with Crippen molar-refractivity contribution in [3.63, 3.8) is 0 Å². The number of hydrogen-bond donors (Lipinski definition) is 1. The molecule has 1 rings (SSSR count). The zero-order chi connectivity index (χ0) is 13.0. The van der Waals surface area contributed by atoms with E-state index in [0.717, 1.165) is 0 Å². The van der Waals surface area contributed by atoms with E-state index in [1.807, 2.05) is 13.8 Å². The number of nitrogens with zero attached hydrogens (tertiary/aromatic N) is 3. The Morgan fingerprint density at radius 1 is 1.53 bits per heavy atom. The van der Waals surface area contributed by atoms with Gasteiger partial charge in [0.25, 0.3) is 5.91 Å². The van der Waals surface area contributed by atoms with Gasteiger partial charge in [0.05, 0.1) is 6.61 Å². The molecule has 6 nitrogen and oxygen atoms in total. The highest BCUT2D eigenvalue weighted by molar-refractivity contribution is 6.39. The lowest BCUT2D eigenvalue weighted by Gasteiger charge is -2.28. The molecule has 1 aliphatic heterocycles. The third kappa shape index (κ3) is 3.26. The Hall–Kier alpha value is -1.43. The van der Waals surface area contributed by atoms with Gasteiger partial charge in [0.2, 0.25) is 5.91 Å². The van der Waals surface area contributed by atoms with Crippen LogP contribution in [0.3, 0.4) is 0 Å². The van der Waals surface area contributed by atoms with E-state index in [1.54, 1.807) is 11.9 Å². The fourth-order valence-electron chi connectivity index (χ4n) is 1.69. The van der Waals surface area contributed by atoms with E-state index in [0.29, 0.717) is 18.6 Å². The van der Waals surface area contributed by atoms with Crippen molar-refractivity contribution in [2.75, 3.05) is 20.2 Å². The summed E-state index contributed by atoms with van der Waals surface area (Å²) < 4.78 is 0. The van der Waals surface area contributed by atoms with Crippen LogP contribution in [0.25, 0.3) is 0 Å². The predicted molar refractivity (Wildman–Crippen MR) is 63.4 cm³/mol. The molecule has 1 heterocycles. The summed E-state index contributed by atoms with van der Waals surface area (Å²) in [6.45, 7) is 3.97. The van der Waals surface area contributed by atoms with Crippen LogP contribution in [0.2, 0.25) is 0 Å². The Morgan fingerprint density at radius 3 is 2.65 bits per heavy atom. The first kappa shape index (κ1) is 13.6. The number of hydrogen-bond acceptors (Lipinski definition) is 4. The summed E-state index contributed by atoms with van der Waals surface area (Å²) in [5.41, 5.74) is 0.384. The van der Waals surface area contributed by atoms with Gasteiger partial charge in [0, 0.05) is 32.5 Å². The molecule has 0 saturated heterocycles. The molecule has 0 fully saturated rings. The summed E-state index contributed by atoms with van der Waals surface area (Å²) in [4.78, 5) is 24.9. The molecule has 0 aromatic heterocycles. The van der Waals surface area contributed by atoms with Gasteiger partial charge in [-0.25, -0.2) is 5.01 Å². The number of hydrazone groups is 1. The van der Waals surface area contributed by atoms with Crippen LogP contribution in [0, 0.1) is 0 Å². The standard InChI is InChI=1S/C11H19N3O3/c1-8(2)14(6-7-15)11(17)9-4-5-10(16)13(3)12-9/h8,15H,4-7H2,1-3H3. The number of carbonyl (C=O) groups is 2. The maximum atomic E-state index is 12.1. The molecule has 0 aromatic rings. The highest BCUT2D eigenvalue weighted by Crippen LogP contribution is 2.10. The summed E-state index contributed by atoms with van der Waals surface area (Å²) in [6.07, 6.45) is 0.683. The molecule has 0 atom stereocenters. The van der Waals surface area contributed by atoms with Crippen LogP contribution in [0.5, 0.6) is 0 Å². The molecule has 17 heavy (non-hydrogen) atoms. The molecule has 0 unspecified atom stereocenters. The summed E-state index contributed by atoms with van der Waals surface area (Å²) in [6, 6.07) is 0.000263. The van der Waals surface area contributed by atoms with Crippen molar-refractivity contribution in [1.29, 1.82) is 0 Å². The van der Waals surface area contributed by atoms with Crippen LogP contribution in [-0.2, 0) is 9.59 Å². The quantitative estimate of drug-likeness (QED) is 0.742. The van der Waals surface area contributed by atoms with E-state index in [2.05, 4.69) is 5.10 Å². The Balaban J connectivity index is 2.81. The highest BCUT2D eigenvalue weighted by atomic mass is 16.3. The summed E-state index contributed by atoms with van der Waals surface area (Å²) in [5.74, 6) is -0.284. The SMILES string of the molecule is CC(C)N(CCO)C(=O)C1=NN(C)C(=O)CC1. The first-order valence-electron chi connectivity index (χ1n) is 5.73. The molecular weight excluding hydrogens is 222 g/mol. The van der Waals surface area contributed by atoms with E-state index >= 15 is 0 Å². The fourth-order valence-corrected chi connectivity index (χ4v) is 1.69. The Kier molecular flexibility index (Phi) is 4.62. The van der Waals surface area contributed by atoms with Crippen molar-refractivity contribution in [2.24, 2.45) is 5.10 Å². The molecule has 6 heteroatoms. The second-order valence-corrected chi connectivity index (χ2v) is 4.28. The maximum absolute atomic E-state index is 12.1. The average molecular weight is 241 g/mol. The smallest absolute Gasteiger partial charge is 0.270 e. The predicted octanol–water partition coefficient (Wildman–Crippen LogP) is -0.176. The molecule has 96 valence electrons. The fraction of sp³-hybridized carbons (Fsp3) is 0.727. The van der Waals surface area contributed by atoms with Crippen molar-refractivity contribution >= 4 is 17.5 Å². The molecule has 0 radical (unpaired) electrons. The van der Waals surface area contributed by atoms with Gasteiger partial charge in [-0.15, -0.1) is 0 Å². The number of amides is 2. The van der Waals surface area contributed by atoms with Crippen LogP contribution < -0.4 is 0 Å². The Morgan fingerprint density at radius 2 is 2.18 bits per heavy atom. The van der Waals surface area contributed by atoms with Crippen molar-refractivity contribution < 1.29 is 14.7 Å². The lowest BCUT2D eigenvalue weighted by atomic mass is 10.1. The molecule has 1 aliphatic rings. The topological polar surface area (TPSA) is 73.2 Å². The molecule has 0 bridgehead atoms. The van der Waals surface area contributed by atoms with Gasteiger partial charge in [-0.2, -0.15) is 5.10 Å². The summed E-state index contributed by atoms with van der Waals surface area (Å²) >= 11 is 0. The minimum Gasteiger partial charge on any atom is -0.395 e. The third-order valence-corrected chi connectivity index (χ3v) is 2.68. The number of carbonyl (C=O) groups excluding carboxylic acids is 2. The first-order valence-corrected chi connectivity index (χ1v) is 5.73. The summed E-state index contributed by atoms with van der Waals surface area (Å²) in [5, 5.41) is 14.1. The van der Waals surface area contributed by atoms with Crippen LogP contribution in [0.1, 0.15) is 26.7 Å². The Bertz CT molecular complexity index is 339. The van der Waals surface area contributed by atoms with E-state index in [-0.39, 0.29) is 31.0 Å². The van der Waals surface area contributed by atoms with Gasteiger partial charge < -0.3 is 10.0 Å².